The van der Waals surface area contributed by atoms with Gasteiger partial charge in [-0.25, -0.2) is 15.0 Å². The predicted molar refractivity (Wildman–Crippen MR) is 115 cm³/mol. The van der Waals surface area contributed by atoms with Crippen molar-refractivity contribution in [2.75, 3.05) is 24.5 Å². The summed E-state index contributed by atoms with van der Waals surface area (Å²) in [7, 11) is 0. The van der Waals surface area contributed by atoms with Crippen LogP contribution in [0.15, 0.2) is 42.7 Å². The monoisotopic (exact) mass is 402 g/mol. The summed E-state index contributed by atoms with van der Waals surface area (Å²) in [6.45, 7) is 2.44. The number of H-pyrrole nitrogens is 1. The summed E-state index contributed by atoms with van der Waals surface area (Å²) in [5.74, 6) is 2.98. The Morgan fingerprint density at radius 3 is 2.87 bits per heavy atom. The van der Waals surface area contributed by atoms with Gasteiger partial charge < -0.3 is 15.2 Å². The number of aryl methyl sites for hydroxylation is 2. The molecule has 1 atom stereocenters. The minimum Gasteiger partial charge on any atom is -0.356 e. The zero-order valence-electron chi connectivity index (χ0n) is 17.0. The fraction of sp³-hybridized carbons (Fsp3) is 0.391. The zero-order valence-corrected chi connectivity index (χ0v) is 17.0. The minimum atomic E-state index is -0.0829. The maximum Gasteiger partial charge on any atom is 0.270 e. The number of aromatic amines is 1. The van der Waals surface area contributed by atoms with Crippen molar-refractivity contribution in [1.82, 2.24) is 25.3 Å². The van der Waals surface area contributed by atoms with Gasteiger partial charge in [0.1, 0.15) is 23.2 Å². The van der Waals surface area contributed by atoms with Crippen LogP contribution >= 0.6 is 0 Å². The number of anilines is 1. The predicted octanol–water partition coefficient (Wildman–Crippen LogP) is 2.65. The van der Waals surface area contributed by atoms with Gasteiger partial charge in [-0.3, -0.25) is 4.79 Å². The Labute approximate surface area is 176 Å². The number of carbonyl (C=O) groups is 1. The molecule has 7 nitrogen and oxygen atoms in total. The number of nitrogens with one attached hydrogen (secondary N) is 2. The molecule has 1 unspecified atom stereocenters. The van der Waals surface area contributed by atoms with Crippen LogP contribution in [0.5, 0.6) is 0 Å². The number of aromatic nitrogens is 4. The van der Waals surface area contributed by atoms with Gasteiger partial charge in [0, 0.05) is 49.9 Å². The number of carbonyl (C=O) groups excluding carboxylic acids is 1. The van der Waals surface area contributed by atoms with Crippen molar-refractivity contribution in [3.05, 3.63) is 71.2 Å². The lowest BCUT2D eigenvalue weighted by molar-refractivity contribution is 0.0940. The van der Waals surface area contributed by atoms with Gasteiger partial charge in [0.2, 0.25) is 0 Å². The molecule has 154 valence electrons. The lowest BCUT2D eigenvalue weighted by Gasteiger charge is -2.35. The fourth-order valence-corrected chi connectivity index (χ4v) is 4.49. The van der Waals surface area contributed by atoms with Crippen LogP contribution in [-0.4, -0.2) is 45.5 Å². The summed E-state index contributed by atoms with van der Waals surface area (Å²) < 4.78 is 0. The number of fused-ring (bicyclic) bond motifs is 1. The van der Waals surface area contributed by atoms with Gasteiger partial charge in [0.05, 0.1) is 0 Å². The van der Waals surface area contributed by atoms with Crippen LogP contribution in [0.3, 0.4) is 0 Å². The molecule has 1 amide bonds. The number of piperidine rings is 1. The highest BCUT2D eigenvalue weighted by Crippen LogP contribution is 2.31. The summed E-state index contributed by atoms with van der Waals surface area (Å²) in [5, 5.41) is 2.94. The smallest absolute Gasteiger partial charge is 0.270 e. The summed E-state index contributed by atoms with van der Waals surface area (Å²) in [5.41, 5.74) is 2.79. The van der Waals surface area contributed by atoms with Crippen LogP contribution in [0.4, 0.5) is 5.82 Å². The van der Waals surface area contributed by atoms with E-state index in [0.29, 0.717) is 24.6 Å². The normalized spacial score (nSPS) is 18.7. The number of hydrogen-bond donors (Lipinski definition) is 2. The number of rotatable bonds is 5. The fourth-order valence-electron chi connectivity index (χ4n) is 4.49. The number of hydrogen-bond acceptors (Lipinski definition) is 5. The number of imidazole rings is 1. The van der Waals surface area contributed by atoms with Gasteiger partial charge in [-0.2, -0.15) is 0 Å². The van der Waals surface area contributed by atoms with Crippen molar-refractivity contribution in [3.63, 3.8) is 0 Å². The van der Waals surface area contributed by atoms with E-state index in [0.717, 1.165) is 61.8 Å². The first kappa shape index (κ1) is 18.8. The first-order valence-electron chi connectivity index (χ1n) is 10.7. The molecule has 5 rings (SSSR count). The maximum atomic E-state index is 12.6. The highest BCUT2D eigenvalue weighted by atomic mass is 16.1. The van der Waals surface area contributed by atoms with Gasteiger partial charge in [-0.1, -0.05) is 30.3 Å². The molecule has 0 saturated carbocycles. The first-order chi connectivity index (χ1) is 14.8. The topological polar surface area (TPSA) is 86.8 Å². The van der Waals surface area contributed by atoms with E-state index in [4.69, 9.17) is 4.98 Å². The van der Waals surface area contributed by atoms with Gasteiger partial charge in [0.25, 0.3) is 5.91 Å². The van der Waals surface area contributed by atoms with Crippen LogP contribution in [0.1, 0.15) is 52.0 Å². The standard InChI is InChI=1S/C23H26N6O/c30-23-20-18(10-11-26-23)22(28-19(27-20)9-8-16-5-2-1-3-6-16)29-14-4-7-17(15-29)21-24-12-13-25-21/h1-3,5-6,12-13,17H,4,7-11,14-15H2,(H,24,25)(H,26,30). The highest BCUT2D eigenvalue weighted by Gasteiger charge is 2.30. The summed E-state index contributed by atoms with van der Waals surface area (Å²) in [4.78, 5) is 32.3. The molecule has 0 spiro atoms. The summed E-state index contributed by atoms with van der Waals surface area (Å²) >= 11 is 0. The van der Waals surface area contributed by atoms with Crippen LogP contribution in [0.2, 0.25) is 0 Å². The molecule has 1 saturated heterocycles. The van der Waals surface area contributed by atoms with Gasteiger partial charge in [-0.15, -0.1) is 0 Å². The Morgan fingerprint density at radius 2 is 2.03 bits per heavy atom. The Bertz CT molecular complexity index is 1020. The van der Waals surface area contributed by atoms with Crippen molar-refractivity contribution in [3.8, 4) is 0 Å². The Kier molecular flexibility index (Phi) is 5.17. The van der Waals surface area contributed by atoms with Gasteiger partial charge in [-0.05, 0) is 31.2 Å². The summed E-state index contributed by atoms with van der Waals surface area (Å²) in [6, 6.07) is 10.3. The molecule has 0 aliphatic carbocycles. The van der Waals surface area contributed by atoms with Crippen LogP contribution in [0, 0.1) is 0 Å². The number of benzene rings is 1. The highest BCUT2D eigenvalue weighted by molar-refractivity contribution is 5.96. The molecule has 1 aromatic carbocycles. The van der Waals surface area contributed by atoms with Crippen LogP contribution in [0.25, 0.3) is 0 Å². The van der Waals surface area contributed by atoms with Crippen molar-refractivity contribution in [2.24, 2.45) is 0 Å². The minimum absolute atomic E-state index is 0.0829. The van der Waals surface area contributed by atoms with Crippen molar-refractivity contribution < 1.29 is 4.79 Å². The summed E-state index contributed by atoms with van der Waals surface area (Å²) in [6.07, 6.45) is 8.23. The van der Waals surface area contributed by atoms with E-state index in [2.05, 4.69) is 37.3 Å². The third-order valence-corrected chi connectivity index (χ3v) is 6.01. The molecule has 1 fully saturated rings. The van der Waals surface area contributed by atoms with E-state index in [1.807, 2.05) is 30.6 Å². The Morgan fingerprint density at radius 1 is 1.13 bits per heavy atom. The van der Waals surface area contributed by atoms with Crippen molar-refractivity contribution >= 4 is 11.7 Å². The van der Waals surface area contributed by atoms with Crippen LogP contribution in [-0.2, 0) is 19.3 Å². The molecule has 2 N–H and O–H groups in total. The second kappa shape index (κ2) is 8.26. The molecule has 2 aliphatic heterocycles. The average Bonchev–Trinajstić information content (AvgIpc) is 3.34. The van der Waals surface area contributed by atoms with E-state index in [1.165, 1.54) is 5.56 Å². The number of nitrogens with zero attached hydrogens (tertiary/aromatic N) is 4. The molecular weight excluding hydrogens is 376 g/mol. The van der Waals surface area contributed by atoms with Crippen LogP contribution < -0.4 is 10.2 Å². The first-order valence-corrected chi connectivity index (χ1v) is 10.7. The average molecular weight is 403 g/mol. The van der Waals surface area contributed by atoms with E-state index in [-0.39, 0.29) is 5.91 Å². The van der Waals surface area contributed by atoms with Gasteiger partial charge in [0.15, 0.2) is 0 Å². The third-order valence-electron chi connectivity index (χ3n) is 6.01. The molecule has 2 aromatic heterocycles. The van der Waals surface area contributed by atoms with E-state index < -0.39 is 0 Å². The molecule has 4 heterocycles. The second-order valence-electron chi connectivity index (χ2n) is 8.04. The lowest BCUT2D eigenvalue weighted by Crippen LogP contribution is -2.39. The Hall–Kier alpha value is -3.22. The second-order valence-corrected chi connectivity index (χ2v) is 8.04. The molecule has 30 heavy (non-hydrogen) atoms. The van der Waals surface area contributed by atoms with Crippen molar-refractivity contribution in [1.29, 1.82) is 0 Å². The van der Waals surface area contributed by atoms with Crippen molar-refractivity contribution in [2.45, 2.75) is 38.0 Å². The zero-order chi connectivity index (χ0) is 20.3. The molecule has 3 aromatic rings. The van der Waals surface area contributed by atoms with E-state index in [1.54, 1.807) is 0 Å². The molecule has 7 heteroatoms. The molecule has 0 bridgehead atoms. The third kappa shape index (κ3) is 3.79. The van der Waals surface area contributed by atoms with Gasteiger partial charge >= 0.3 is 0 Å². The SMILES string of the molecule is O=C1NCCc2c1nc(CCc1ccccc1)nc2N1CCCC(c2ncc[nH]2)C1. The quantitative estimate of drug-likeness (QED) is 0.685. The number of amides is 1. The molecule has 0 radical (unpaired) electrons. The Balaban J connectivity index is 1.45. The molecule has 2 aliphatic rings. The van der Waals surface area contributed by atoms with E-state index >= 15 is 0 Å². The largest absolute Gasteiger partial charge is 0.356 e. The molecular formula is C23H26N6O. The lowest BCUT2D eigenvalue weighted by atomic mass is 9.96. The maximum absolute atomic E-state index is 12.6. The van der Waals surface area contributed by atoms with E-state index in [9.17, 15) is 4.79 Å².